The van der Waals surface area contributed by atoms with Gasteiger partial charge in [0.05, 0.1) is 23.8 Å². The van der Waals surface area contributed by atoms with Crippen molar-refractivity contribution in [3.05, 3.63) is 46.5 Å². The summed E-state index contributed by atoms with van der Waals surface area (Å²) in [5.41, 5.74) is 1.37. The van der Waals surface area contributed by atoms with E-state index in [2.05, 4.69) is 16.6 Å². The molecule has 0 aliphatic heterocycles. The minimum atomic E-state index is -3.90. The Labute approximate surface area is 201 Å². The van der Waals surface area contributed by atoms with Crippen molar-refractivity contribution in [2.75, 3.05) is 6.61 Å². The Hall–Kier alpha value is -1.94. The number of rotatable bonds is 14. The zero-order chi connectivity index (χ0) is 24.4. The van der Waals surface area contributed by atoms with Gasteiger partial charge in [0.2, 0.25) is 10.0 Å². The number of aromatic nitrogens is 2. The van der Waals surface area contributed by atoms with Gasteiger partial charge in [0, 0.05) is 13.0 Å². The zero-order valence-corrected chi connectivity index (χ0v) is 21.1. The van der Waals surface area contributed by atoms with Crippen molar-refractivity contribution >= 4 is 27.6 Å². The molecule has 1 unspecified atom stereocenters. The van der Waals surface area contributed by atoms with Gasteiger partial charge in [0.15, 0.2) is 5.15 Å². The SMILES string of the molecule is CCCCc1nc(Cl)c(CO)n1Cc1ccc(S(=O)(=O)NC(CCCC)C(=O)OCC)cc1. The van der Waals surface area contributed by atoms with Crippen LogP contribution < -0.4 is 4.72 Å². The molecule has 1 atom stereocenters. The molecule has 2 aromatic rings. The highest BCUT2D eigenvalue weighted by Crippen LogP contribution is 2.21. The van der Waals surface area contributed by atoms with Gasteiger partial charge in [-0.05, 0) is 37.5 Å². The Morgan fingerprint density at radius 1 is 1.18 bits per heavy atom. The lowest BCUT2D eigenvalue weighted by atomic mass is 10.1. The van der Waals surface area contributed by atoms with Crippen molar-refractivity contribution in [1.29, 1.82) is 0 Å². The van der Waals surface area contributed by atoms with Crippen LogP contribution in [0.25, 0.3) is 0 Å². The maximum Gasteiger partial charge on any atom is 0.324 e. The van der Waals surface area contributed by atoms with Crippen LogP contribution in [0.1, 0.15) is 70.0 Å². The molecule has 0 aliphatic carbocycles. The molecule has 10 heteroatoms. The molecule has 184 valence electrons. The van der Waals surface area contributed by atoms with Crippen LogP contribution in [0.5, 0.6) is 0 Å². The summed E-state index contributed by atoms with van der Waals surface area (Å²) in [6.45, 7) is 6.10. The van der Waals surface area contributed by atoms with Crippen LogP contribution in [0.3, 0.4) is 0 Å². The van der Waals surface area contributed by atoms with Crippen LogP contribution >= 0.6 is 11.6 Å². The van der Waals surface area contributed by atoms with E-state index < -0.39 is 22.0 Å². The molecule has 8 nitrogen and oxygen atoms in total. The van der Waals surface area contributed by atoms with Gasteiger partial charge in [-0.3, -0.25) is 4.79 Å². The molecule has 0 saturated carbocycles. The molecule has 0 radical (unpaired) electrons. The molecule has 0 bridgehead atoms. The van der Waals surface area contributed by atoms with E-state index in [0.717, 1.165) is 37.1 Å². The summed E-state index contributed by atoms with van der Waals surface area (Å²) >= 11 is 6.20. The van der Waals surface area contributed by atoms with E-state index in [0.29, 0.717) is 25.1 Å². The van der Waals surface area contributed by atoms with E-state index in [1.807, 2.05) is 11.5 Å². The summed E-state index contributed by atoms with van der Waals surface area (Å²) in [6, 6.07) is 5.50. The second kappa shape index (κ2) is 13.1. The zero-order valence-electron chi connectivity index (χ0n) is 19.5. The maximum atomic E-state index is 12.9. The number of aryl methyl sites for hydroxylation is 1. The van der Waals surface area contributed by atoms with Crippen LogP contribution in [0, 0.1) is 0 Å². The molecule has 2 N–H and O–H groups in total. The van der Waals surface area contributed by atoms with E-state index in [1.165, 1.54) is 12.1 Å². The van der Waals surface area contributed by atoms with Crippen LogP contribution in [0.4, 0.5) is 0 Å². The third-order valence-electron chi connectivity index (χ3n) is 5.30. The van der Waals surface area contributed by atoms with Crippen LogP contribution in [0.2, 0.25) is 5.15 Å². The number of carbonyl (C=O) groups is 1. The van der Waals surface area contributed by atoms with E-state index in [1.54, 1.807) is 19.1 Å². The number of esters is 1. The molecule has 0 fully saturated rings. The van der Waals surface area contributed by atoms with Gasteiger partial charge in [-0.1, -0.05) is 56.8 Å². The summed E-state index contributed by atoms with van der Waals surface area (Å²) in [7, 11) is -3.90. The molecule has 2 rings (SSSR count). The van der Waals surface area contributed by atoms with Crippen molar-refractivity contribution in [3.63, 3.8) is 0 Å². The average Bonchev–Trinajstić information content (AvgIpc) is 3.09. The molecule has 33 heavy (non-hydrogen) atoms. The molecular formula is C23H34ClN3O5S. The van der Waals surface area contributed by atoms with Crippen molar-refractivity contribution < 1.29 is 23.1 Å². The second-order valence-corrected chi connectivity index (χ2v) is 9.90. The first-order valence-electron chi connectivity index (χ1n) is 11.4. The highest BCUT2D eigenvalue weighted by molar-refractivity contribution is 7.89. The fourth-order valence-electron chi connectivity index (χ4n) is 3.46. The quantitative estimate of drug-likeness (QED) is 0.382. The fraction of sp³-hybridized carbons (Fsp3) is 0.565. The number of unbranched alkanes of at least 4 members (excludes halogenated alkanes) is 2. The predicted octanol–water partition coefficient (Wildman–Crippen LogP) is 3.82. The Bertz CT molecular complexity index is 1010. The number of sulfonamides is 1. The molecule has 1 heterocycles. The van der Waals surface area contributed by atoms with E-state index in [9.17, 15) is 18.3 Å². The summed E-state index contributed by atoms with van der Waals surface area (Å²) in [5, 5.41) is 10.0. The van der Waals surface area contributed by atoms with Gasteiger partial charge in [0.25, 0.3) is 0 Å². The lowest BCUT2D eigenvalue weighted by molar-refractivity contribution is -0.145. The smallest absolute Gasteiger partial charge is 0.324 e. The third-order valence-corrected chi connectivity index (χ3v) is 7.09. The number of carbonyl (C=O) groups excluding carboxylic acids is 1. The number of aliphatic hydroxyl groups excluding tert-OH is 1. The second-order valence-electron chi connectivity index (χ2n) is 7.83. The highest BCUT2D eigenvalue weighted by atomic mass is 35.5. The fourth-order valence-corrected chi connectivity index (χ4v) is 4.93. The molecule has 0 saturated heterocycles. The number of imidazole rings is 1. The van der Waals surface area contributed by atoms with Crippen molar-refractivity contribution in [2.24, 2.45) is 0 Å². The number of aliphatic hydroxyl groups is 1. The number of nitrogens with one attached hydrogen (secondary N) is 1. The van der Waals surface area contributed by atoms with Crippen molar-refractivity contribution in [2.45, 2.75) is 83.4 Å². The first kappa shape index (κ1) is 27.3. The van der Waals surface area contributed by atoms with Crippen LogP contribution in [-0.2, 0) is 39.1 Å². The van der Waals surface area contributed by atoms with Gasteiger partial charge in [-0.25, -0.2) is 13.4 Å². The van der Waals surface area contributed by atoms with Gasteiger partial charge >= 0.3 is 5.97 Å². The number of ether oxygens (including phenoxy) is 1. The molecule has 0 aliphatic rings. The Kier molecular flexibility index (Phi) is 10.8. The Balaban J connectivity index is 2.21. The molecule has 0 spiro atoms. The van der Waals surface area contributed by atoms with Gasteiger partial charge in [-0.15, -0.1) is 0 Å². The average molecular weight is 500 g/mol. The van der Waals surface area contributed by atoms with Crippen molar-refractivity contribution in [3.8, 4) is 0 Å². The summed E-state index contributed by atoms with van der Waals surface area (Å²) in [5.74, 6) is 0.219. The minimum Gasteiger partial charge on any atom is -0.465 e. The van der Waals surface area contributed by atoms with Gasteiger partial charge in [0.1, 0.15) is 11.9 Å². The molecule has 0 amide bonds. The van der Waals surface area contributed by atoms with Crippen LogP contribution in [-0.4, -0.2) is 41.7 Å². The van der Waals surface area contributed by atoms with E-state index in [-0.39, 0.29) is 23.3 Å². The molecular weight excluding hydrogens is 466 g/mol. The first-order chi connectivity index (χ1) is 15.8. The lowest BCUT2D eigenvalue weighted by Gasteiger charge is -2.17. The number of hydrogen-bond donors (Lipinski definition) is 2. The summed E-state index contributed by atoms with van der Waals surface area (Å²) < 4.78 is 35.1. The molecule has 1 aromatic carbocycles. The third kappa shape index (κ3) is 7.53. The summed E-state index contributed by atoms with van der Waals surface area (Å²) in [4.78, 5) is 16.6. The Morgan fingerprint density at radius 3 is 2.42 bits per heavy atom. The highest BCUT2D eigenvalue weighted by Gasteiger charge is 2.26. The number of nitrogens with zero attached hydrogens (tertiary/aromatic N) is 2. The van der Waals surface area contributed by atoms with Crippen molar-refractivity contribution in [1.82, 2.24) is 14.3 Å². The maximum absolute atomic E-state index is 12.9. The van der Waals surface area contributed by atoms with E-state index >= 15 is 0 Å². The largest absolute Gasteiger partial charge is 0.465 e. The minimum absolute atomic E-state index is 0.0642. The number of halogens is 1. The van der Waals surface area contributed by atoms with Gasteiger partial charge < -0.3 is 14.4 Å². The lowest BCUT2D eigenvalue weighted by Crippen LogP contribution is -2.41. The number of benzene rings is 1. The molecule has 1 aromatic heterocycles. The topological polar surface area (TPSA) is 111 Å². The first-order valence-corrected chi connectivity index (χ1v) is 13.3. The normalized spacial score (nSPS) is 12.6. The summed E-state index contributed by atoms with van der Waals surface area (Å²) in [6.07, 6.45) is 4.59. The predicted molar refractivity (Wildman–Crippen MR) is 128 cm³/mol. The van der Waals surface area contributed by atoms with Gasteiger partial charge in [-0.2, -0.15) is 4.72 Å². The van der Waals surface area contributed by atoms with E-state index in [4.69, 9.17) is 16.3 Å². The monoisotopic (exact) mass is 499 g/mol. The van der Waals surface area contributed by atoms with Crippen LogP contribution in [0.15, 0.2) is 29.2 Å². The number of hydrogen-bond acceptors (Lipinski definition) is 6. The Morgan fingerprint density at radius 2 is 1.85 bits per heavy atom. The standard InChI is InChI=1S/C23H34ClN3O5S/c1-4-7-9-19(23(29)32-6-3)26-33(30,31)18-13-11-17(12-14-18)15-27-20(16-28)22(24)25-21(27)10-8-5-2/h11-14,19,26,28H,4-10,15-16H2,1-3H3.